The van der Waals surface area contributed by atoms with E-state index in [1.807, 2.05) is 6.07 Å². The number of rotatable bonds is 5. The van der Waals surface area contributed by atoms with Gasteiger partial charge in [-0.25, -0.2) is 4.98 Å². The van der Waals surface area contributed by atoms with Crippen molar-refractivity contribution < 1.29 is 0 Å². The van der Waals surface area contributed by atoms with Gasteiger partial charge in [-0.3, -0.25) is 0 Å². The third kappa shape index (κ3) is 3.31. The number of fused-ring (bicyclic) bond motifs is 1. The maximum atomic E-state index is 4.69. The SMILES string of the molecule is c1ccc(CCNc2nc3ccc(-c4ccccc4)cc3s2)cc1. The van der Waals surface area contributed by atoms with Crippen molar-refractivity contribution in [3.05, 3.63) is 84.4 Å². The van der Waals surface area contributed by atoms with Gasteiger partial charge in [0.1, 0.15) is 0 Å². The maximum Gasteiger partial charge on any atom is 0.183 e. The van der Waals surface area contributed by atoms with Crippen molar-refractivity contribution in [2.75, 3.05) is 11.9 Å². The van der Waals surface area contributed by atoms with Crippen LogP contribution >= 0.6 is 11.3 Å². The molecule has 0 atom stereocenters. The molecule has 0 radical (unpaired) electrons. The molecule has 0 saturated carbocycles. The highest BCUT2D eigenvalue weighted by atomic mass is 32.1. The third-order valence-electron chi connectivity index (χ3n) is 4.03. The molecule has 0 aliphatic heterocycles. The van der Waals surface area contributed by atoms with Crippen molar-refractivity contribution in [2.24, 2.45) is 0 Å². The molecule has 4 rings (SSSR count). The van der Waals surface area contributed by atoms with Crippen LogP contribution in [0.3, 0.4) is 0 Å². The zero-order valence-corrected chi connectivity index (χ0v) is 14.1. The standard InChI is InChI=1S/C21H18N2S/c1-3-7-16(8-4-1)13-14-22-21-23-19-12-11-18(15-20(19)24-21)17-9-5-2-6-10-17/h1-12,15H,13-14H2,(H,22,23). The lowest BCUT2D eigenvalue weighted by Crippen LogP contribution is -2.04. The Labute approximate surface area is 145 Å². The Bertz CT molecular complexity index is 930. The predicted octanol–water partition coefficient (Wildman–Crippen LogP) is 5.62. The van der Waals surface area contributed by atoms with E-state index in [2.05, 4.69) is 83.1 Å². The molecule has 0 amide bonds. The molecular weight excluding hydrogens is 312 g/mol. The topological polar surface area (TPSA) is 24.9 Å². The molecule has 118 valence electrons. The Morgan fingerprint density at radius 3 is 2.33 bits per heavy atom. The van der Waals surface area contributed by atoms with Crippen LogP contribution in [-0.2, 0) is 6.42 Å². The summed E-state index contributed by atoms with van der Waals surface area (Å²) < 4.78 is 1.22. The second kappa shape index (κ2) is 6.85. The summed E-state index contributed by atoms with van der Waals surface area (Å²) in [5.41, 5.74) is 4.88. The van der Waals surface area contributed by atoms with E-state index >= 15 is 0 Å². The van der Waals surface area contributed by atoms with Crippen LogP contribution in [0.5, 0.6) is 0 Å². The summed E-state index contributed by atoms with van der Waals surface area (Å²) in [5.74, 6) is 0. The zero-order valence-electron chi connectivity index (χ0n) is 13.3. The molecule has 1 aromatic heterocycles. The Hall–Kier alpha value is -2.65. The number of nitrogens with zero attached hydrogens (tertiary/aromatic N) is 1. The van der Waals surface area contributed by atoms with Crippen LogP contribution in [0, 0.1) is 0 Å². The third-order valence-corrected chi connectivity index (χ3v) is 5.00. The number of aromatic nitrogens is 1. The molecule has 0 bridgehead atoms. The first-order valence-electron chi connectivity index (χ1n) is 8.12. The van der Waals surface area contributed by atoms with E-state index in [0.717, 1.165) is 23.6 Å². The molecule has 1 heterocycles. The Kier molecular flexibility index (Phi) is 4.26. The van der Waals surface area contributed by atoms with Crippen molar-refractivity contribution in [1.82, 2.24) is 4.98 Å². The highest BCUT2D eigenvalue weighted by Crippen LogP contribution is 2.30. The first kappa shape index (κ1) is 14.9. The summed E-state index contributed by atoms with van der Waals surface area (Å²) in [6.07, 6.45) is 1.01. The van der Waals surface area contributed by atoms with Crippen LogP contribution in [0.15, 0.2) is 78.9 Å². The average molecular weight is 330 g/mol. The van der Waals surface area contributed by atoms with Gasteiger partial charge in [0.2, 0.25) is 0 Å². The number of benzene rings is 3. The summed E-state index contributed by atoms with van der Waals surface area (Å²) in [4.78, 5) is 4.69. The summed E-state index contributed by atoms with van der Waals surface area (Å²) in [7, 11) is 0. The first-order chi connectivity index (χ1) is 11.9. The highest BCUT2D eigenvalue weighted by Gasteiger charge is 2.05. The molecule has 0 saturated heterocycles. The normalized spacial score (nSPS) is 10.8. The molecule has 2 nitrogen and oxygen atoms in total. The monoisotopic (exact) mass is 330 g/mol. The fourth-order valence-corrected chi connectivity index (χ4v) is 3.70. The molecule has 0 fully saturated rings. The van der Waals surface area contributed by atoms with Crippen LogP contribution in [0.25, 0.3) is 21.3 Å². The van der Waals surface area contributed by atoms with E-state index in [0.29, 0.717) is 0 Å². The van der Waals surface area contributed by atoms with Crippen molar-refractivity contribution in [1.29, 1.82) is 0 Å². The van der Waals surface area contributed by atoms with E-state index in [1.165, 1.54) is 21.4 Å². The lowest BCUT2D eigenvalue weighted by atomic mass is 10.1. The van der Waals surface area contributed by atoms with Gasteiger partial charge in [0.25, 0.3) is 0 Å². The largest absolute Gasteiger partial charge is 0.361 e. The molecule has 0 unspecified atom stereocenters. The number of thiazole rings is 1. The molecular formula is C21H18N2S. The molecule has 0 spiro atoms. The van der Waals surface area contributed by atoms with E-state index < -0.39 is 0 Å². The van der Waals surface area contributed by atoms with Crippen LogP contribution in [0.1, 0.15) is 5.56 Å². The Morgan fingerprint density at radius 1 is 0.792 bits per heavy atom. The second-order valence-corrected chi connectivity index (χ2v) is 6.76. The van der Waals surface area contributed by atoms with E-state index in [4.69, 9.17) is 0 Å². The summed E-state index contributed by atoms with van der Waals surface area (Å²) in [6, 6.07) is 27.5. The van der Waals surface area contributed by atoms with Crippen LogP contribution < -0.4 is 5.32 Å². The van der Waals surface area contributed by atoms with Gasteiger partial charge in [-0.05, 0) is 35.2 Å². The number of nitrogens with one attached hydrogen (secondary N) is 1. The van der Waals surface area contributed by atoms with Gasteiger partial charge in [-0.1, -0.05) is 78.1 Å². The smallest absolute Gasteiger partial charge is 0.183 e. The van der Waals surface area contributed by atoms with Gasteiger partial charge in [-0.15, -0.1) is 0 Å². The maximum absolute atomic E-state index is 4.69. The van der Waals surface area contributed by atoms with Crippen molar-refractivity contribution in [3.63, 3.8) is 0 Å². The summed E-state index contributed by atoms with van der Waals surface area (Å²) in [5, 5.41) is 4.44. The van der Waals surface area contributed by atoms with Gasteiger partial charge < -0.3 is 5.32 Å². The predicted molar refractivity (Wildman–Crippen MR) is 104 cm³/mol. The van der Waals surface area contributed by atoms with E-state index in [-0.39, 0.29) is 0 Å². The van der Waals surface area contributed by atoms with Crippen molar-refractivity contribution in [2.45, 2.75) is 6.42 Å². The summed E-state index contributed by atoms with van der Waals surface area (Å²) >= 11 is 1.72. The highest BCUT2D eigenvalue weighted by molar-refractivity contribution is 7.22. The molecule has 3 heteroatoms. The van der Waals surface area contributed by atoms with Gasteiger partial charge in [0, 0.05) is 6.54 Å². The van der Waals surface area contributed by atoms with Gasteiger partial charge in [0.15, 0.2) is 5.13 Å². The quantitative estimate of drug-likeness (QED) is 0.514. The molecule has 24 heavy (non-hydrogen) atoms. The minimum atomic E-state index is 0.898. The molecule has 1 N–H and O–H groups in total. The first-order valence-corrected chi connectivity index (χ1v) is 8.94. The lowest BCUT2D eigenvalue weighted by Gasteiger charge is -2.02. The molecule has 3 aromatic carbocycles. The molecule has 0 aliphatic carbocycles. The Balaban J connectivity index is 1.49. The lowest BCUT2D eigenvalue weighted by molar-refractivity contribution is 1.02. The number of hydrogen-bond acceptors (Lipinski definition) is 3. The van der Waals surface area contributed by atoms with Gasteiger partial charge in [0.05, 0.1) is 10.2 Å². The van der Waals surface area contributed by atoms with Crippen molar-refractivity contribution in [3.8, 4) is 11.1 Å². The molecule has 4 aromatic rings. The molecule has 0 aliphatic rings. The van der Waals surface area contributed by atoms with Crippen molar-refractivity contribution >= 4 is 26.7 Å². The Morgan fingerprint density at radius 2 is 1.54 bits per heavy atom. The number of anilines is 1. The average Bonchev–Trinajstić information content (AvgIpc) is 3.05. The van der Waals surface area contributed by atoms with Crippen LogP contribution in [0.2, 0.25) is 0 Å². The fraction of sp³-hybridized carbons (Fsp3) is 0.0952. The zero-order chi connectivity index (χ0) is 16.2. The van der Waals surface area contributed by atoms with Crippen LogP contribution in [0.4, 0.5) is 5.13 Å². The van der Waals surface area contributed by atoms with E-state index in [1.54, 1.807) is 11.3 Å². The second-order valence-electron chi connectivity index (χ2n) is 5.73. The van der Waals surface area contributed by atoms with Gasteiger partial charge >= 0.3 is 0 Å². The summed E-state index contributed by atoms with van der Waals surface area (Å²) in [6.45, 7) is 0.898. The fourth-order valence-electron chi connectivity index (χ4n) is 2.77. The minimum absolute atomic E-state index is 0.898. The van der Waals surface area contributed by atoms with Gasteiger partial charge in [-0.2, -0.15) is 0 Å². The number of hydrogen-bond donors (Lipinski definition) is 1. The van der Waals surface area contributed by atoms with Crippen LogP contribution in [-0.4, -0.2) is 11.5 Å². The minimum Gasteiger partial charge on any atom is -0.361 e. The van der Waals surface area contributed by atoms with E-state index in [9.17, 15) is 0 Å².